The van der Waals surface area contributed by atoms with Gasteiger partial charge in [0, 0.05) is 11.9 Å². The van der Waals surface area contributed by atoms with Crippen LogP contribution in [0, 0.1) is 6.57 Å². The highest BCUT2D eigenvalue weighted by atomic mass is 35.5. The third-order valence-electron chi connectivity index (χ3n) is 1.53. The third kappa shape index (κ3) is 3.35. The molecule has 0 aromatic heterocycles. The summed E-state index contributed by atoms with van der Waals surface area (Å²) in [5.41, 5.74) is 0. The van der Waals surface area contributed by atoms with Gasteiger partial charge < -0.3 is 9.58 Å². The predicted molar refractivity (Wildman–Crippen MR) is 53.0 cm³/mol. The Morgan fingerprint density at radius 3 is 2.62 bits per heavy atom. The van der Waals surface area contributed by atoms with Crippen molar-refractivity contribution >= 4 is 11.6 Å². The van der Waals surface area contributed by atoms with E-state index >= 15 is 0 Å². The van der Waals surface area contributed by atoms with Gasteiger partial charge in [0.1, 0.15) is 5.75 Å². The number of benzene rings is 1. The molecule has 1 aromatic rings. The van der Waals surface area contributed by atoms with Gasteiger partial charge in [0.05, 0.1) is 0 Å². The normalized spacial score (nSPS) is 11.8. The maximum Gasteiger partial charge on any atom is 0.254 e. The van der Waals surface area contributed by atoms with Crippen LogP contribution in [-0.4, -0.2) is 12.6 Å². The minimum Gasteiger partial charge on any atom is -0.485 e. The van der Waals surface area contributed by atoms with Gasteiger partial charge in [0.25, 0.3) is 6.04 Å². The fourth-order valence-corrected chi connectivity index (χ4v) is 0.911. The van der Waals surface area contributed by atoms with Crippen molar-refractivity contribution in [3.05, 3.63) is 40.7 Å². The standard InChI is InChI=1S/C10H10ClNO/c1-8(12-2)7-13-10-5-3-9(11)4-6-10/h3-6,8H,7H2,1H3. The molecule has 1 rings (SSSR count). The maximum atomic E-state index is 6.73. The van der Waals surface area contributed by atoms with Gasteiger partial charge in [-0.1, -0.05) is 11.6 Å². The second-order valence-corrected chi connectivity index (χ2v) is 3.18. The summed E-state index contributed by atoms with van der Waals surface area (Å²) in [6, 6.07) is 7.01. The van der Waals surface area contributed by atoms with E-state index in [0.717, 1.165) is 5.75 Å². The van der Waals surface area contributed by atoms with E-state index in [9.17, 15) is 0 Å². The van der Waals surface area contributed by atoms with Crippen LogP contribution in [0.2, 0.25) is 5.02 Å². The van der Waals surface area contributed by atoms with Crippen LogP contribution < -0.4 is 4.74 Å². The molecule has 13 heavy (non-hydrogen) atoms. The molecule has 0 N–H and O–H groups in total. The summed E-state index contributed by atoms with van der Waals surface area (Å²) < 4.78 is 5.34. The Morgan fingerprint density at radius 2 is 2.08 bits per heavy atom. The molecular weight excluding hydrogens is 186 g/mol. The lowest BCUT2D eigenvalue weighted by molar-refractivity contribution is 0.310. The number of ether oxygens (including phenoxy) is 1. The Hall–Kier alpha value is -1.20. The van der Waals surface area contributed by atoms with E-state index in [4.69, 9.17) is 22.9 Å². The largest absolute Gasteiger partial charge is 0.485 e. The van der Waals surface area contributed by atoms with Gasteiger partial charge in [-0.25, -0.2) is 6.57 Å². The van der Waals surface area contributed by atoms with E-state index in [-0.39, 0.29) is 6.04 Å². The molecule has 0 saturated carbocycles. The molecule has 0 spiro atoms. The molecule has 68 valence electrons. The molecule has 0 radical (unpaired) electrons. The molecule has 0 amide bonds. The van der Waals surface area contributed by atoms with E-state index in [1.54, 1.807) is 24.3 Å². The highest BCUT2D eigenvalue weighted by Gasteiger charge is 2.04. The fraction of sp³-hybridized carbons (Fsp3) is 0.300. The summed E-state index contributed by atoms with van der Waals surface area (Å²) in [6.07, 6.45) is 0. The number of rotatable bonds is 3. The molecule has 0 heterocycles. The molecule has 1 unspecified atom stereocenters. The average molecular weight is 196 g/mol. The second-order valence-electron chi connectivity index (χ2n) is 2.74. The number of hydrogen-bond donors (Lipinski definition) is 0. The molecule has 0 bridgehead atoms. The molecule has 0 aliphatic rings. The first-order valence-corrected chi connectivity index (χ1v) is 4.35. The summed E-state index contributed by atoms with van der Waals surface area (Å²) >= 11 is 5.70. The van der Waals surface area contributed by atoms with Gasteiger partial charge in [-0.15, -0.1) is 0 Å². The number of hydrogen-bond acceptors (Lipinski definition) is 1. The first-order valence-electron chi connectivity index (χ1n) is 3.97. The van der Waals surface area contributed by atoms with Crippen LogP contribution in [0.25, 0.3) is 4.85 Å². The van der Waals surface area contributed by atoms with Crippen molar-refractivity contribution in [2.24, 2.45) is 0 Å². The van der Waals surface area contributed by atoms with Crippen molar-refractivity contribution in [3.8, 4) is 5.75 Å². The first kappa shape index (κ1) is 9.88. The molecule has 2 nitrogen and oxygen atoms in total. The Morgan fingerprint density at radius 1 is 1.46 bits per heavy atom. The Bertz CT molecular complexity index is 302. The van der Waals surface area contributed by atoms with E-state index in [2.05, 4.69) is 4.85 Å². The summed E-state index contributed by atoms with van der Waals surface area (Å²) in [4.78, 5) is 3.32. The minimum atomic E-state index is -0.101. The van der Waals surface area contributed by atoms with Crippen molar-refractivity contribution in [3.63, 3.8) is 0 Å². The Balaban J connectivity index is 2.47. The smallest absolute Gasteiger partial charge is 0.254 e. The van der Waals surface area contributed by atoms with Crippen molar-refractivity contribution in [2.45, 2.75) is 13.0 Å². The summed E-state index contributed by atoms with van der Waals surface area (Å²) in [7, 11) is 0. The van der Waals surface area contributed by atoms with Crippen molar-refractivity contribution in [1.82, 2.24) is 0 Å². The molecule has 0 aliphatic heterocycles. The molecule has 0 aliphatic carbocycles. The quantitative estimate of drug-likeness (QED) is 0.676. The van der Waals surface area contributed by atoms with E-state index in [0.29, 0.717) is 11.6 Å². The zero-order valence-corrected chi connectivity index (χ0v) is 8.08. The predicted octanol–water partition coefficient (Wildman–Crippen LogP) is 3.03. The molecule has 1 aromatic carbocycles. The molecule has 3 heteroatoms. The van der Waals surface area contributed by atoms with Crippen LogP contribution in [0.15, 0.2) is 24.3 Å². The van der Waals surface area contributed by atoms with E-state index < -0.39 is 0 Å². The van der Waals surface area contributed by atoms with Gasteiger partial charge in [0.2, 0.25) is 0 Å². The first-order chi connectivity index (χ1) is 6.22. The van der Waals surface area contributed by atoms with Gasteiger partial charge in [-0.2, -0.15) is 0 Å². The van der Waals surface area contributed by atoms with Crippen LogP contribution in [0.3, 0.4) is 0 Å². The van der Waals surface area contributed by atoms with Gasteiger partial charge >= 0.3 is 0 Å². The zero-order chi connectivity index (χ0) is 9.68. The van der Waals surface area contributed by atoms with Crippen LogP contribution in [-0.2, 0) is 0 Å². The van der Waals surface area contributed by atoms with E-state index in [1.165, 1.54) is 0 Å². The van der Waals surface area contributed by atoms with Crippen LogP contribution >= 0.6 is 11.6 Å². The van der Waals surface area contributed by atoms with E-state index in [1.807, 2.05) is 6.92 Å². The molecule has 0 saturated heterocycles. The zero-order valence-electron chi connectivity index (χ0n) is 7.33. The van der Waals surface area contributed by atoms with Crippen molar-refractivity contribution < 1.29 is 4.74 Å². The molecule has 0 fully saturated rings. The van der Waals surface area contributed by atoms with Crippen LogP contribution in [0.4, 0.5) is 0 Å². The van der Waals surface area contributed by atoms with Gasteiger partial charge in [-0.3, -0.25) is 0 Å². The van der Waals surface area contributed by atoms with Crippen molar-refractivity contribution in [2.75, 3.05) is 6.61 Å². The minimum absolute atomic E-state index is 0.101. The number of nitrogens with zero attached hydrogens (tertiary/aromatic N) is 1. The topological polar surface area (TPSA) is 13.6 Å². The molecular formula is C10H10ClNO. The summed E-state index contributed by atoms with van der Waals surface area (Å²) in [6.45, 7) is 8.98. The summed E-state index contributed by atoms with van der Waals surface area (Å²) in [5.74, 6) is 0.750. The van der Waals surface area contributed by atoms with Crippen LogP contribution in [0.5, 0.6) is 5.75 Å². The lowest BCUT2D eigenvalue weighted by atomic mass is 10.3. The Labute approximate surface area is 82.9 Å². The lowest BCUT2D eigenvalue weighted by Gasteiger charge is -2.04. The lowest BCUT2D eigenvalue weighted by Crippen LogP contribution is -2.09. The maximum absolute atomic E-state index is 6.73. The molecule has 1 atom stereocenters. The van der Waals surface area contributed by atoms with Gasteiger partial charge in [0.15, 0.2) is 6.61 Å². The van der Waals surface area contributed by atoms with Crippen molar-refractivity contribution in [1.29, 1.82) is 0 Å². The average Bonchev–Trinajstić information content (AvgIpc) is 2.16. The fourth-order valence-electron chi connectivity index (χ4n) is 0.785. The number of halogens is 1. The SMILES string of the molecule is [C-]#[N+]C(C)COc1ccc(Cl)cc1. The second kappa shape index (κ2) is 4.74. The van der Waals surface area contributed by atoms with Crippen LogP contribution in [0.1, 0.15) is 6.92 Å². The highest BCUT2D eigenvalue weighted by molar-refractivity contribution is 6.30. The highest BCUT2D eigenvalue weighted by Crippen LogP contribution is 2.15. The monoisotopic (exact) mass is 195 g/mol. The Kier molecular flexibility index (Phi) is 3.60. The summed E-state index contributed by atoms with van der Waals surface area (Å²) in [5, 5.41) is 0.686. The van der Waals surface area contributed by atoms with Gasteiger partial charge in [-0.05, 0) is 24.3 Å². The third-order valence-corrected chi connectivity index (χ3v) is 1.78.